The molecule has 0 saturated heterocycles. The Bertz CT molecular complexity index is 4740. The summed E-state index contributed by atoms with van der Waals surface area (Å²) in [4.78, 5) is 33.5. The van der Waals surface area contributed by atoms with Crippen LogP contribution in [0, 0.1) is 35.5 Å². The number of pyridine rings is 7. The number of hydrogen-bond donors (Lipinski definition) is 0. The molecule has 7 nitrogen and oxygen atoms in total. The van der Waals surface area contributed by atoms with Gasteiger partial charge >= 0.3 is 0 Å². The van der Waals surface area contributed by atoms with Gasteiger partial charge in [-0.2, -0.15) is 0 Å². The molecule has 11 aromatic rings. The van der Waals surface area contributed by atoms with E-state index in [1.807, 2.05) is 122 Å². The molecule has 0 bridgehead atoms. The number of rotatable bonds is 22. The maximum Gasteiger partial charge on any atom is 0.0906 e. The first-order chi connectivity index (χ1) is 48.8. The molecule has 490 valence electrons. The summed E-state index contributed by atoms with van der Waals surface area (Å²) in [6, 6.07) is 58.4. The summed E-state index contributed by atoms with van der Waals surface area (Å²) in [6.07, 6.45) is 30.6. The van der Waals surface area contributed by atoms with Crippen LogP contribution < -0.4 is 0 Å². The van der Waals surface area contributed by atoms with E-state index in [0.717, 1.165) is 195 Å². The number of aromatic nitrogens is 7. The number of benzene rings is 4. The largest absolute Gasteiger partial charge is 0.255 e. The molecule has 99 heavy (non-hydrogen) atoms. The van der Waals surface area contributed by atoms with E-state index in [9.17, 15) is 0 Å². The molecular formula is C92H87N7. The predicted molar refractivity (Wildman–Crippen MR) is 406 cm³/mol. The fourth-order valence-electron chi connectivity index (χ4n) is 16.5. The average Bonchev–Trinajstić information content (AvgIpc) is 1.48. The zero-order valence-electron chi connectivity index (χ0n) is 58.4. The van der Waals surface area contributed by atoms with Crippen LogP contribution in [0.25, 0.3) is 78.9 Å². The van der Waals surface area contributed by atoms with Crippen LogP contribution in [0.2, 0.25) is 0 Å². The Morgan fingerprint density at radius 2 is 0.535 bits per heavy atom. The van der Waals surface area contributed by atoms with Crippen LogP contribution >= 0.6 is 0 Å². The van der Waals surface area contributed by atoms with Gasteiger partial charge in [-0.05, 0) is 227 Å². The van der Waals surface area contributed by atoms with E-state index < -0.39 is 0 Å². The van der Waals surface area contributed by atoms with Crippen molar-refractivity contribution < 1.29 is 0 Å². The molecule has 7 heteroatoms. The first-order valence-electron chi connectivity index (χ1n) is 36.6. The van der Waals surface area contributed by atoms with Gasteiger partial charge in [-0.25, -0.2) is 4.98 Å². The Balaban J connectivity index is 1.04. The van der Waals surface area contributed by atoms with Crippen molar-refractivity contribution in [3.05, 3.63) is 268 Å². The van der Waals surface area contributed by atoms with Gasteiger partial charge in [0, 0.05) is 86.8 Å². The van der Waals surface area contributed by atoms with Crippen molar-refractivity contribution in [2.45, 2.75) is 173 Å². The molecule has 3 aliphatic carbocycles. The molecule has 0 atom stereocenters. The molecule has 0 fully saturated rings. The first kappa shape index (κ1) is 65.9. The molecule has 0 unspecified atom stereocenters. The van der Waals surface area contributed by atoms with Crippen LogP contribution in [0.1, 0.15) is 224 Å². The zero-order valence-corrected chi connectivity index (χ0v) is 58.4. The second kappa shape index (κ2) is 29.4. The van der Waals surface area contributed by atoms with Gasteiger partial charge in [0.25, 0.3) is 0 Å². The van der Waals surface area contributed by atoms with Crippen molar-refractivity contribution in [1.82, 2.24) is 34.9 Å². The van der Waals surface area contributed by atoms with E-state index in [0.29, 0.717) is 0 Å². The van der Waals surface area contributed by atoms with Gasteiger partial charge in [-0.1, -0.05) is 197 Å². The second-order valence-corrected chi connectivity index (χ2v) is 27.5. The Hall–Kier alpha value is -10.4. The summed E-state index contributed by atoms with van der Waals surface area (Å²) in [7, 11) is 0. The minimum absolute atomic E-state index is 0.297. The lowest BCUT2D eigenvalue weighted by molar-refractivity contribution is 0.401. The highest BCUT2D eigenvalue weighted by atomic mass is 14.8. The van der Waals surface area contributed by atoms with Crippen molar-refractivity contribution >= 4 is 0 Å². The van der Waals surface area contributed by atoms with Gasteiger partial charge in [0.2, 0.25) is 0 Å². The topological polar surface area (TPSA) is 90.2 Å². The highest BCUT2D eigenvalue weighted by molar-refractivity contribution is 6.05. The van der Waals surface area contributed by atoms with Gasteiger partial charge in [0.15, 0.2) is 0 Å². The third-order valence-corrected chi connectivity index (χ3v) is 21.2. The fraction of sp³-hybridized carbons (Fsp3) is 0.293. The van der Waals surface area contributed by atoms with Gasteiger partial charge in [0.1, 0.15) is 0 Å². The fourth-order valence-corrected chi connectivity index (χ4v) is 16.5. The van der Waals surface area contributed by atoms with Crippen molar-refractivity contribution in [1.29, 1.82) is 0 Å². The third kappa shape index (κ3) is 12.6. The summed E-state index contributed by atoms with van der Waals surface area (Å²) < 4.78 is 0. The first-order valence-corrected chi connectivity index (χ1v) is 36.6. The Morgan fingerprint density at radius 3 is 0.808 bits per heavy atom. The molecular weight excluding hydrogens is 1200 g/mol. The monoisotopic (exact) mass is 1290 g/mol. The van der Waals surface area contributed by atoms with Gasteiger partial charge < -0.3 is 0 Å². The smallest absolute Gasteiger partial charge is 0.0906 e. The number of fused-ring (bicyclic) bond motifs is 12. The summed E-state index contributed by atoms with van der Waals surface area (Å²) in [5.74, 6) is 22.2. The van der Waals surface area contributed by atoms with Crippen LogP contribution in [0.15, 0.2) is 201 Å². The van der Waals surface area contributed by atoms with Gasteiger partial charge in [0.05, 0.1) is 45.6 Å². The minimum Gasteiger partial charge on any atom is -0.255 e. The maximum atomic E-state index is 5.12. The van der Waals surface area contributed by atoms with E-state index in [4.69, 9.17) is 24.9 Å². The molecule has 0 N–H and O–H groups in total. The van der Waals surface area contributed by atoms with Gasteiger partial charge in [-0.3, -0.25) is 29.9 Å². The SMILES string of the molecule is CCCCC1(CCCC)c2cc(C#Cc3ccc(-c4ccccn4)nc3)ccc2-c2c1c1c(c3c2C(CCCC)(CCCC)c2cc(C#Cc4cc(-c5ccccn5)nc(-c5ccccn5)c4)ccc2-3)C(CCCC)(CCCC)c2cc(C#Cc3ccc(-c4ccccn4)nc3)ccc2-1. The number of hydrogen-bond acceptors (Lipinski definition) is 7. The van der Waals surface area contributed by atoms with E-state index in [2.05, 4.69) is 166 Å². The van der Waals surface area contributed by atoms with E-state index in [-0.39, 0.29) is 16.2 Å². The zero-order chi connectivity index (χ0) is 67.8. The van der Waals surface area contributed by atoms with Crippen molar-refractivity contribution in [3.63, 3.8) is 0 Å². The summed E-state index contributed by atoms with van der Waals surface area (Å²) in [6.45, 7) is 14.3. The van der Waals surface area contributed by atoms with E-state index in [1.54, 1.807) is 16.7 Å². The summed E-state index contributed by atoms with van der Waals surface area (Å²) >= 11 is 0. The Labute approximate surface area is 587 Å². The molecule has 3 aliphatic rings. The predicted octanol–water partition coefficient (Wildman–Crippen LogP) is 22.3. The lowest BCUT2D eigenvalue weighted by atomic mass is 9.63. The van der Waals surface area contributed by atoms with Crippen LogP contribution in [-0.4, -0.2) is 34.9 Å². The molecule has 7 aromatic heterocycles. The molecule has 0 saturated carbocycles. The Kier molecular flexibility index (Phi) is 19.5. The van der Waals surface area contributed by atoms with Crippen LogP contribution in [0.4, 0.5) is 0 Å². The normalized spacial score (nSPS) is 13.5. The molecule has 0 aliphatic heterocycles. The molecule has 4 aromatic carbocycles. The molecule has 0 radical (unpaired) electrons. The lowest BCUT2D eigenvalue weighted by Crippen LogP contribution is -2.31. The number of nitrogens with zero attached hydrogens (tertiary/aromatic N) is 7. The van der Waals surface area contributed by atoms with E-state index in [1.165, 1.54) is 50.1 Å². The standard InChI is InChI=1S/C92H87N7/c1-7-13-47-90(48-14-8-2)74-58-65(32-35-68-41-46-81(98-63-68)77-28-20-24-54-94-77)38-43-71(74)85-87(90)84-70-42-37-64(31-34-67-40-45-80(97-62-67)76-27-19-23-53-93-76)57-73(70)91(49-15-9-3,50-16-10-4)88(84)86-72-44-39-66(59-75(72)92(89(85)86,51-17-11-5)52-18-12-6)33-36-69-60-82(78-29-21-25-55-95-78)99-83(61-69)79-30-22-26-56-96-79/h19-30,37-46,53-63H,7-18,47-52H2,1-6H3. The lowest BCUT2D eigenvalue weighted by Gasteiger charge is -2.39. The van der Waals surface area contributed by atoms with Crippen molar-refractivity contribution in [2.24, 2.45) is 0 Å². The molecule has 0 amide bonds. The third-order valence-electron chi connectivity index (χ3n) is 21.2. The molecule has 14 rings (SSSR count). The Morgan fingerprint density at radius 1 is 0.263 bits per heavy atom. The highest BCUT2D eigenvalue weighted by Gasteiger charge is 2.57. The summed E-state index contributed by atoms with van der Waals surface area (Å²) in [5.41, 5.74) is 29.1. The quantitative estimate of drug-likeness (QED) is 0.0625. The maximum absolute atomic E-state index is 5.12. The van der Waals surface area contributed by atoms with Gasteiger partial charge in [-0.15, -0.1) is 0 Å². The van der Waals surface area contributed by atoms with Crippen LogP contribution in [0.5, 0.6) is 0 Å². The molecule has 0 spiro atoms. The molecule has 7 heterocycles. The van der Waals surface area contributed by atoms with Crippen LogP contribution in [-0.2, 0) is 16.2 Å². The summed E-state index contributed by atoms with van der Waals surface area (Å²) in [5, 5.41) is 0. The van der Waals surface area contributed by atoms with Crippen molar-refractivity contribution in [2.75, 3.05) is 0 Å². The van der Waals surface area contributed by atoms with Crippen molar-refractivity contribution in [3.8, 4) is 114 Å². The minimum atomic E-state index is -0.314. The van der Waals surface area contributed by atoms with E-state index >= 15 is 0 Å². The number of unbranched alkanes of at least 4 members (excludes halogenated alkanes) is 6. The second-order valence-electron chi connectivity index (χ2n) is 27.5. The highest BCUT2D eigenvalue weighted by Crippen LogP contribution is 2.71. The average molecular weight is 1290 g/mol. The van der Waals surface area contributed by atoms with Crippen LogP contribution in [0.3, 0.4) is 0 Å².